The van der Waals surface area contributed by atoms with Crippen molar-refractivity contribution in [1.29, 1.82) is 0 Å². The van der Waals surface area contributed by atoms with Crippen LogP contribution >= 0.6 is 9.47 Å². The van der Waals surface area contributed by atoms with Crippen LogP contribution in [0, 0.1) is 11.8 Å². The maximum absolute atomic E-state index is 13.6. The largest absolute Gasteiger partial charge is 0.469 e. The van der Waals surface area contributed by atoms with Crippen molar-refractivity contribution in [2.75, 3.05) is 7.11 Å². The Balaban J connectivity index is 2.34. The number of halogens is 1. The third kappa shape index (κ3) is 4.95. The molecule has 114 valence electrons. The Morgan fingerprint density at radius 2 is 2.20 bits per heavy atom. The third-order valence-electron chi connectivity index (χ3n) is 3.73. The first kappa shape index (κ1) is 17.3. The summed E-state index contributed by atoms with van der Waals surface area (Å²) >= 11 is 0. The van der Waals surface area contributed by atoms with Gasteiger partial charge in [-0.05, 0) is 19.3 Å². The molecule has 6 heteroatoms. The molecule has 4 nitrogen and oxygen atoms in total. The predicted octanol–water partition coefficient (Wildman–Crippen LogP) is 2.62. The van der Waals surface area contributed by atoms with Crippen molar-refractivity contribution < 1.29 is 23.2 Å². The number of allylic oxidation sites excluding steroid dienone is 2. The smallest absolute Gasteiger partial charge is 0.305 e. The van der Waals surface area contributed by atoms with Gasteiger partial charge in [-0.15, -0.1) is 0 Å². The lowest BCUT2D eigenvalue weighted by Crippen LogP contribution is -2.21. The summed E-state index contributed by atoms with van der Waals surface area (Å²) in [5, 5.41) is 0. The lowest BCUT2D eigenvalue weighted by Gasteiger charge is -2.18. The molecular formula is C14H22FO4P. The summed E-state index contributed by atoms with van der Waals surface area (Å²) in [6, 6.07) is 0. The van der Waals surface area contributed by atoms with Crippen LogP contribution in [0.3, 0.4) is 0 Å². The lowest BCUT2D eigenvalue weighted by atomic mass is 9.92. The highest BCUT2D eigenvalue weighted by Gasteiger charge is 2.43. The summed E-state index contributed by atoms with van der Waals surface area (Å²) < 4.78 is 23.4. The molecule has 1 aliphatic carbocycles. The van der Waals surface area contributed by atoms with Gasteiger partial charge in [0, 0.05) is 28.2 Å². The average Bonchev–Trinajstić information content (AvgIpc) is 2.77. The molecule has 0 aromatic carbocycles. The highest BCUT2D eigenvalue weighted by atomic mass is 31.0. The van der Waals surface area contributed by atoms with Gasteiger partial charge in [0.15, 0.2) is 0 Å². The van der Waals surface area contributed by atoms with E-state index in [9.17, 15) is 14.0 Å². The molecule has 3 unspecified atom stereocenters. The number of unbranched alkanes of at least 4 members (excludes halogenated alkanes) is 1. The zero-order valence-corrected chi connectivity index (χ0v) is 12.8. The number of esters is 1. The minimum absolute atomic E-state index is 0.114. The average molecular weight is 304 g/mol. The Hall–Kier alpha value is -0.800. The lowest BCUT2D eigenvalue weighted by molar-refractivity contribution is -0.140. The first-order chi connectivity index (χ1) is 9.63. The molecule has 0 aliphatic heterocycles. The monoisotopic (exact) mass is 304 g/mol. The highest BCUT2D eigenvalue weighted by molar-refractivity contribution is 7.09. The van der Waals surface area contributed by atoms with Gasteiger partial charge in [0.2, 0.25) is 0 Å². The van der Waals surface area contributed by atoms with Gasteiger partial charge in [-0.25, -0.2) is 4.39 Å². The van der Waals surface area contributed by atoms with E-state index in [1.54, 1.807) is 0 Å². The number of methoxy groups -OCH3 is 1. The van der Waals surface area contributed by atoms with Crippen LogP contribution in [0.1, 0.15) is 32.1 Å². The topological polar surface area (TPSA) is 52.6 Å². The Morgan fingerprint density at radius 1 is 1.45 bits per heavy atom. The number of alkyl halides is 1. The normalized spacial score (nSPS) is 29.8. The van der Waals surface area contributed by atoms with Crippen molar-refractivity contribution in [2.45, 2.75) is 44.4 Å². The van der Waals surface area contributed by atoms with Crippen LogP contribution in [0.5, 0.6) is 0 Å². The van der Waals surface area contributed by atoms with Gasteiger partial charge in [0.05, 0.1) is 19.1 Å². The molecule has 0 spiro atoms. The van der Waals surface area contributed by atoms with Crippen LogP contribution in [-0.4, -0.2) is 31.6 Å². The highest BCUT2D eigenvalue weighted by Crippen LogP contribution is 2.38. The SMILES string of the molecule is COC(=O)CCC/C=C\C[C@H]1C(OP)CC(F)[C@@H]1C=O. The number of carbonyl (C=O) groups is 2. The molecule has 0 radical (unpaired) electrons. The summed E-state index contributed by atoms with van der Waals surface area (Å²) in [6.07, 6.45) is 6.01. The summed E-state index contributed by atoms with van der Waals surface area (Å²) in [5.74, 6) is -0.913. The number of hydrogen-bond donors (Lipinski definition) is 0. The molecule has 1 rings (SSSR count). The Bertz CT molecular complexity index is 348. The third-order valence-corrected chi connectivity index (χ3v) is 4.08. The van der Waals surface area contributed by atoms with E-state index < -0.39 is 12.1 Å². The zero-order chi connectivity index (χ0) is 15.0. The van der Waals surface area contributed by atoms with Crippen LogP contribution in [0.25, 0.3) is 0 Å². The number of aldehydes is 1. The standard InChI is InChI=1S/C14H22FO4P/c1-18-14(17)7-5-3-2-4-6-10-11(9-16)12(15)8-13(10)19-20/h2,4,9-13H,3,5-8,20H2,1H3/b4-2-/t10-,11-,12?,13?/m1/s1. The predicted molar refractivity (Wildman–Crippen MR) is 76.8 cm³/mol. The summed E-state index contributed by atoms with van der Waals surface area (Å²) in [6.45, 7) is 0. The first-order valence-electron chi connectivity index (χ1n) is 6.80. The molecule has 0 heterocycles. The molecular weight excluding hydrogens is 282 g/mol. The van der Waals surface area contributed by atoms with Gasteiger partial charge >= 0.3 is 5.97 Å². The number of rotatable bonds is 8. The molecule has 1 fully saturated rings. The zero-order valence-electron chi connectivity index (χ0n) is 11.7. The number of ether oxygens (including phenoxy) is 1. The minimum atomic E-state index is -1.12. The Kier molecular flexibility index (Phi) is 7.93. The molecule has 1 saturated carbocycles. The van der Waals surface area contributed by atoms with E-state index >= 15 is 0 Å². The van der Waals surface area contributed by atoms with E-state index in [2.05, 4.69) is 14.2 Å². The molecule has 0 aromatic heterocycles. The van der Waals surface area contributed by atoms with Crippen molar-refractivity contribution >= 4 is 21.7 Å². The van der Waals surface area contributed by atoms with E-state index in [1.807, 2.05) is 12.2 Å². The second-order valence-electron chi connectivity index (χ2n) is 4.98. The van der Waals surface area contributed by atoms with Crippen LogP contribution in [0.15, 0.2) is 12.2 Å². The summed E-state index contributed by atoms with van der Waals surface area (Å²) in [7, 11) is 3.52. The van der Waals surface area contributed by atoms with E-state index in [1.165, 1.54) is 7.11 Å². The van der Waals surface area contributed by atoms with Gasteiger partial charge in [-0.3, -0.25) is 4.79 Å². The van der Waals surface area contributed by atoms with Gasteiger partial charge in [-0.1, -0.05) is 12.2 Å². The second kappa shape index (κ2) is 9.19. The van der Waals surface area contributed by atoms with Crippen molar-refractivity contribution in [3.63, 3.8) is 0 Å². The number of carbonyl (C=O) groups excluding carboxylic acids is 2. The quantitative estimate of drug-likeness (QED) is 0.227. The van der Waals surface area contributed by atoms with Gasteiger partial charge in [-0.2, -0.15) is 0 Å². The van der Waals surface area contributed by atoms with Crippen molar-refractivity contribution in [3.05, 3.63) is 12.2 Å². The van der Waals surface area contributed by atoms with E-state index in [0.717, 1.165) is 12.8 Å². The van der Waals surface area contributed by atoms with Crippen molar-refractivity contribution in [2.24, 2.45) is 11.8 Å². The second-order valence-corrected chi connectivity index (χ2v) is 5.25. The van der Waals surface area contributed by atoms with Gasteiger partial charge in [0.25, 0.3) is 0 Å². The van der Waals surface area contributed by atoms with Crippen LogP contribution in [0.2, 0.25) is 0 Å². The van der Waals surface area contributed by atoms with Crippen molar-refractivity contribution in [3.8, 4) is 0 Å². The molecule has 5 atom stereocenters. The van der Waals surface area contributed by atoms with Crippen LogP contribution in [-0.2, 0) is 18.8 Å². The fourth-order valence-corrected chi connectivity index (χ4v) is 2.87. The molecule has 0 saturated heterocycles. The fraction of sp³-hybridized carbons (Fsp3) is 0.714. The molecule has 0 bridgehead atoms. The first-order valence-corrected chi connectivity index (χ1v) is 7.27. The van der Waals surface area contributed by atoms with E-state index in [4.69, 9.17) is 4.52 Å². The Morgan fingerprint density at radius 3 is 2.80 bits per heavy atom. The van der Waals surface area contributed by atoms with Gasteiger partial charge < -0.3 is 14.1 Å². The fourth-order valence-electron chi connectivity index (χ4n) is 2.56. The van der Waals surface area contributed by atoms with E-state index in [-0.39, 0.29) is 24.4 Å². The van der Waals surface area contributed by atoms with Gasteiger partial charge in [0.1, 0.15) is 12.5 Å². The molecule has 0 N–H and O–H groups in total. The molecule has 1 aliphatic rings. The molecule has 20 heavy (non-hydrogen) atoms. The molecule has 0 amide bonds. The number of hydrogen-bond acceptors (Lipinski definition) is 4. The van der Waals surface area contributed by atoms with E-state index in [0.29, 0.717) is 19.1 Å². The Labute approximate surface area is 121 Å². The summed E-state index contributed by atoms with van der Waals surface area (Å²) in [4.78, 5) is 21.9. The van der Waals surface area contributed by atoms with Crippen LogP contribution in [0.4, 0.5) is 4.39 Å². The van der Waals surface area contributed by atoms with Crippen molar-refractivity contribution in [1.82, 2.24) is 0 Å². The maximum atomic E-state index is 13.6. The molecule has 0 aromatic rings. The van der Waals surface area contributed by atoms with Crippen LogP contribution < -0.4 is 0 Å². The maximum Gasteiger partial charge on any atom is 0.305 e. The summed E-state index contributed by atoms with van der Waals surface area (Å²) in [5.41, 5.74) is 0. The minimum Gasteiger partial charge on any atom is -0.469 e.